The molecule has 1 aliphatic carbocycles. The summed E-state index contributed by atoms with van der Waals surface area (Å²) in [7, 11) is -5.05. The van der Waals surface area contributed by atoms with Gasteiger partial charge in [-0.1, -0.05) is 148 Å². The minimum atomic E-state index is -5.05. The standard InChI is InChI=1S/C51H81O12P/c1-3-5-7-9-11-13-15-17-19-21-22-23-25-27-29-31-33-35-37-39-41-60-42-44(43-61-64(58,59)63-51-49(56)47(54)46(53)48(55)50(51)57)62-45(52)40-38-36-34-32-30-28-26-24-20-18-16-14-12-10-8-6-4-2/h5-8,11-14,17-20,22-23,26-29,32,34,44,46-51,53-57H,3-4,9-10,15-16,21,24-25,30-31,33,35-43H2,1-2H3,(H,58,59)/b7-5-,8-6-,13-11-,14-12-,19-17-,20-18-,23-22-,28-26-,29-27-,34-32-. The Hall–Kier alpha value is -3.26. The minimum absolute atomic E-state index is 0.0918. The van der Waals surface area contributed by atoms with Crippen molar-refractivity contribution in [1.82, 2.24) is 0 Å². The van der Waals surface area contributed by atoms with Gasteiger partial charge in [-0.3, -0.25) is 13.8 Å². The zero-order valence-electron chi connectivity index (χ0n) is 38.5. The van der Waals surface area contributed by atoms with Crippen molar-refractivity contribution in [2.24, 2.45) is 0 Å². The van der Waals surface area contributed by atoms with Gasteiger partial charge in [-0.15, -0.1) is 0 Å². The number of hydrogen-bond acceptors (Lipinski definition) is 11. The van der Waals surface area contributed by atoms with Crippen molar-refractivity contribution < 1.29 is 58.3 Å². The van der Waals surface area contributed by atoms with Gasteiger partial charge in [0.15, 0.2) is 0 Å². The van der Waals surface area contributed by atoms with Crippen molar-refractivity contribution in [3.05, 3.63) is 122 Å². The number of carbonyl (C=O) groups is 1. The molecule has 12 nitrogen and oxygen atoms in total. The normalized spacial score (nSPS) is 22.8. The van der Waals surface area contributed by atoms with Crippen LogP contribution in [0.15, 0.2) is 122 Å². The van der Waals surface area contributed by atoms with Crippen LogP contribution in [0.1, 0.15) is 129 Å². The molecular formula is C51H81O12P. The number of aliphatic hydroxyl groups is 5. The van der Waals surface area contributed by atoms with E-state index in [2.05, 4.69) is 123 Å². The number of rotatable bonds is 37. The van der Waals surface area contributed by atoms with Crippen LogP contribution >= 0.6 is 7.82 Å². The van der Waals surface area contributed by atoms with Crippen LogP contribution in [-0.2, 0) is 27.9 Å². The lowest BCUT2D eigenvalue weighted by molar-refractivity contribution is -0.220. The Morgan fingerprint density at radius 1 is 0.500 bits per heavy atom. The maximum absolute atomic E-state index is 12.8. The average Bonchev–Trinajstić information content (AvgIpc) is 3.28. The summed E-state index contributed by atoms with van der Waals surface area (Å²) in [4.78, 5) is 23.2. The second kappa shape index (κ2) is 40.1. The van der Waals surface area contributed by atoms with E-state index >= 15 is 0 Å². The summed E-state index contributed by atoms with van der Waals surface area (Å²) in [5.74, 6) is -0.549. The van der Waals surface area contributed by atoms with Crippen LogP contribution in [0.25, 0.3) is 0 Å². The maximum atomic E-state index is 12.8. The molecule has 0 saturated heterocycles. The highest BCUT2D eigenvalue weighted by molar-refractivity contribution is 7.47. The van der Waals surface area contributed by atoms with E-state index in [0.29, 0.717) is 19.4 Å². The van der Waals surface area contributed by atoms with Gasteiger partial charge in [0.2, 0.25) is 0 Å². The molecule has 0 amide bonds. The van der Waals surface area contributed by atoms with Crippen LogP contribution in [0.5, 0.6) is 0 Å². The number of aliphatic hydroxyl groups excluding tert-OH is 5. The molecular weight excluding hydrogens is 836 g/mol. The summed E-state index contributed by atoms with van der Waals surface area (Å²) in [5.41, 5.74) is 0. The van der Waals surface area contributed by atoms with E-state index < -0.39 is 63.1 Å². The second-order valence-electron chi connectivity index (χ2n) is 15.5. The topological polar surface area (TPSA) is 192 Å². The van der Waals surface area contributed by atoms with Crippen molar-refractivity contribution in [3.63, 3.8) is 0 Å². The lowest BCUT2D eigenvalue weighted by Crippen LogP contribution is -2.64. The number of allylic oxidation sites excluding steroid dienone is 20. The molecule has 0 heterocycles. The number of hydrogen-bond donors (Lipinski definition) is 6. The Kier molecular flexibility index (Phi) is 36.8. The summed E-state index contributed by atoms with van der Waals surface area (Å²) in [6.45, 7) is 3.88. The summed E-state index contributed by atoms with van der Waals surface area (Å²) < 4.78 is 34.1. The quantitative estimate of drug-likeness (QED) is 0.0150. The highest BCUT2D eigenvalue weighted by atomic mass is 31.2. The van der Waals surface area contributed by atoms with Gasteiger partial charge < -0.3 is 39.9 Å². The molecule has 0 aliphatic heterocycles. The smallest absolute Gasteiger partial charge is 0.457 e. The Morgan fingerprint density at radius 2 is 0.875 bits per heavy atom. The van der Waals surface area contributed by atoms with E-state index in [1.54, 1.807) is 0 Å². The molecule has 0 bridgehead atoms. The number of esters is 1. The molecule has 1 saturated carbocycles. The van der Waals surface area contributed by atoms with E-state index in [1.807, 2.05) is 12.2 Å². The predicted octanol–water partition coefficient (Wildman–Crippen LogP) is 9.86. The van der Waals surface area contributed by atoms with Gasteiger partial charge in [0.1, 0.15) is 42.7 Å². The van der Waals surface area contributed by atoms with E-state index in [0.717, 1.165) is 96.3 Å². The van der Waals surface area contributed by atoms with E-state index in [9.17, 15) is 39.8 Å². The zero-order chi connectivity index (χ0) is 46.9. The van der Waals surface area contributed by atoms with Crippen LogP contribution in [0.2, 0.25) is 0 Å². The van der Waals surface area contributed by atoms with Crippen LogP contribution in [0.3, 0.4) is 0 Å². The van der Waals surface area contributed by atoms with Crippen molar-refractivity contribution in [3.8, 4) is 0 Å². The highest BCUT2D eigenvalue weighted by Gasteiger charge is 2.51. The molecule has 0 radical (unpaired) electrons. The molecule has 64 heavy (non-hydrogen) atoms. The number of ether oxygens (including phenoxy) is 2. The Balaban J connectivity index is 2.47. The van der Waals surface area contributed by atoms with E-state index in [-0.39, 0.29) is 13.0 Å². The molecule has 6 atom stereocenters. The van der Waals surface area contributed by atoms with Gasteiger partial charge in [-0.2, -0.15) is 0 Å². The average molecular weight is 917 g/mol. The lowest BCUT2D eigenvalue weighted by atomic mass is 9.85. The third kappa shape index (κ3) is 31.6. The SMILES string of the molecule is CC/C=C\C/C=C\C/C=C\C/C=C\C/C=C\CCCCCCOCC(COP(=O)(O)OC1C(O)C(O)C(O)C(O)C1O)OC(=O)CCC/C=C\C/C=C\C/C=C\C/C=C\C/C=C\CC. The number of carbonyl (C=O) groups excluding carboxylic acids is 1. The Bertz CT molecular complexity index is 1510. The largest absolute Gasteiger partial charge is 0.472 e. The van der Waals surface area contributed by atoms with Gasteiger partial charge in [0.05, 0.1) is 13.2 Å². The molecule has 0 aromatic rings. The first-order valence-corrected chi connectivity index (χ1v) is 24.9. The zero-order valence-corrected chi connectivity index (χ0v) is 39.4. The van der Waals surface area contributed by atoms with Crippen molar-refractivity contribution in [2.75, 3.05) is 19.8 Å². The number of phosphoric acid groups is 1. The fourth-order valence-corrected chi connectivity index (χ4v) is 7.15. The fraction of sp³-hybridized carbons (Fsp3) is 0.588. The summed E-state index contributed by atoms with van der Waals surface area (Å²) in [6, 6.07) is 0. The third-order valence-corrected chi connectivity index (χ3v) is 10.8. The van der Waals surface area contributed by atoms with Gasteiger partial charge in [0.25, 0.3) is 0 Å². The van der Waals surface area contributed by atoms with Crippen LogP contribution < -0.4 is 0 Å². The van der Waals surface area contributed by atoms with Gasteiger partial charge >= 0.3 is 13.8 Å². The molecule has 0 spiro atoms. The third-order valence-electron chi connectivity index (χ3n) is 9.83. The summed E-state index contributed by atoms with van der Waals surface area (Å²) in [6.07, 6.45) is 45.6. The molecule has 1 fully saturated rings. The maximum Gasteiger partial charge on any atom is 0.472 e. The monoisotopic (exact) mass is 917 g/mol. The van der Waals surface area contributed by atoms with Gasteiger partial charge in [-0.05, 0) is 96.3 Å². The van der Waals surface area contributed by atoms with E-state index in [1.165, 1.54) is 0 Å². The predicted molar refractivity (Wildman–Crippen MR) is 257 cm³/mol. The Labute approximate surface area is 384 Å². The first-order valence-electron chi connectivity index (χ1n) is 23.4. The summed E-state index contributed by atoms with van der Waals surface area (Å²) >= 11 is 0. The molecule has 6 unspecified atom stereocenters. The van der Waals surface area contributed by atoms with Crippen LogP contribution in [-0.4, -0.2) is 98.9 Å². The van der Waals surface area contributed by atoms with E-state index in [4.69, 9.17) is 18.5 Å². The Morgan fingerprint density at radius 3 is 1.31 bits per heavy atom. The fourth-order valence-electron chi connectivity index (χ4n) is 6.18. The van der Waals surface area contributed by atoms with Crippen LogP contribution in [0, 0.1) is 0 Å². The summed E-state index contributed by atoms with van der Waals surface area (Å²) in [5, 5.41) is 50.2. The van der Waals surface area contributed by atoms with Crippen molar-refractivity contribution in [2.45, 2.75) is 172 Å². The van der Waals surface area contributed by atoms with Gasteiger partial charge in [-0.25, -0.2) is 4.57 Å². The molecule has 6 N–H and O–H groups in total. The lowest BCUT2D eigenvalue weighted by Gasteiger charge is -2.41. The molecule has 1 rings (SSSR count). The first kappa shape index (κ1) is 58.8. The highest BCUT2D eigenvalue weighted by Crippen LogP contribution is 2.47. The molecule has 13 heteroatoms. The van der Waals surface area contributed by atoms with Crippen LogP contribution in [0.4, 0.5) is 0 Å². The minimum Gasteiger partial charge on any atom is -0.457 e. The molecule has 0 aromatic carbocycles. The molecule has 0 aromatic heterocycles. The van der Waals surface area contributed by atoms with Gasteiger partial charge in [0, 0.05) is 13.0 Å². The first-order chi connectivity index (χ1) is 31.0. The molecule has 362 valence electrons. The molecule has 1 aliphatic rings. The number of phosphoric ester groups is 1. The van der Waals surface area contributed by atoms with Crippen molar-refractivity contribution in [1.29, 1.82) is 0 Å². The second-order valence-corrected chi connectivity index (χ2v) is 16.9. The number of unbranched alkanes of at least 4 members (excludes halogenated alkanes) is 5. The van der Waals surface area contributed by atoms with Crippen molar-refractivity contribution >= 4 is 13.8 Å².